The second kappa shape index (κ2) is 14.4. The summed E-state index contributed by atoms with van der Waals surface area (Å²) in [5.41, 5.74) is -0.238. The summed E-state index contributed by atoms with van der Waals surface area (Å²) in [4.78, 5) is 0. The van der Waals surface area contributed by atoms with Crippen molar-refractivity contribution in [2.24, 2.45) is 29.1 Å². The highest BCUT2D eigenvalue weighted by atomic mass is 16.6. The maximum Gasteiger partial charge on any atom is 0.0886 e. The molecule has 0 aromatic rings. The normalized spacial score (nSPS) is 43.6. The van der Waals surface area contributed by atoms with Gasteiger partial charge >= 0.3 is 0 Å². The monoisotopic (exact) mass is 594 g/mol. The highest BCUT2D eigenvalue weighted by Gasteiger charge is 2.47. The van der Waals surface area contributed by atoms with Gasteiger partial charge in [0.1, 0.15) is 0 Å². The maximum absolute atomic E-state index is 6.88. The van der Waals surface area contributed by atoms with E-state index in [1.165, 1.54) is 25.7 Å². The number of ether oxygens (including phenoxy) is 8. The molecule has 2 saturated heterocycles. The molecule has 8 nitrogen and oxygen atoms in total. The maximum atomic E-state index is 6.88. The summed E-state index contributed by atoms with van der Waals surface area (Å²) in [7, 11) is 5.54. The van der Waals surface area contributed by atoms with E-state index in [1.807, 2.05) is 21.3 Å². The van der Waals surface area contributed by atoms with Gasteiger partial charge in [-0.05, 0) is 82.0 Å². The first-order valence-corrected chi connectivity index (χ1v) is 17.2. The van der Waals surface area contributed by atoms with Gasteiger partial charge in [0, 0.05) is 32.7 Å². The van der Waals surface area contributed by atoms with Gasteiger partial charge in [-0.25, -0.2) is 0 Å². The Morgan fingerprint density at radius 2 is 1.17 bits per heavy atom. The quantitative estimate of drug-likeness (QED) is 0.226. The molecule has 0 amide bonds. The van der Waals surface area contributed by atoms with Crippen molar-refractivity contribution in [1.82, 2.24) is 0 Å². The van der Waals surface area contributed by atoms with Crippen LogP contribution in [0.5, 0.6) is 0 Å². The molecule has 6 fully saturated rings. The first kappa shape index (κ1) is 31.7. The summed E-state index contributed by atoms with van der Waals surface area (Å²) in [6.07, 6.45) is 15.2. The lowest BCUT2D eigenvalue weighted by atomic mass is 9.80. The van der Waals surface area contributed by atoms with Crippen LogP contribution < -0.4 is 0 Å². The second-order valence-corrected chi connectivity index (χ2v) is 14.5. The fourth-order valence-electron chi connectivity index (χ4n) is 8.57. The predicted molar refractivity (Wildman–Crippen MR) is 159 cm³/mol. The molecule has 2 heterocycles. The van der Waals surface area contributed by atoms with E-state index in [4.69, 9.17) is 37.9 Å². The third kappa shape index (κ3) is 7.72. The zero-order chi connectivity index (χ0) is 29.1. The highest BCUT2D eigenvalue weighted by Crippen LogP contribution is 2.46. The van der Waals surface area contributed by atoms with Gasteiger partial charge < -0.3 is 37.9 Å². The molecule has 0 aromatic heterocycles. The van der Waals surface area contributed by atoms with Crippen molar-refractivity contribution >= 4 is 0 Å². The van der Waals surface area contributed by atoms with E-state index in [9.17, 15) is 0 Å². The average molecular weight is 595 g/mol. The number of methoxy groups -OCH3 is 3. The summed E-state index contributed by atoms with van der Waals surface area (Å²) in [5, 5.41) is 0. The summed E-state index contributed by atoms with van der Waals surface area (Å²) in [6, 6.07) is 0. The van der Waals surface area contributed by atoms with E-state index in [2.05, 4.69) is 6.92 Å². The Labute approximate surface area is 254 Å². The van der Waals surface area contributed by atoms with Crippen LogP contribution >= 0.6 is 0 Å². The summed E-state index contributed by atoms with van der Waals surface area (Å²) in [5.74, 6) is 2.41. The molecule has 6 aliphatic rings. The number of hydrogen-bond donors (Lipinski definition) is 0. The largest absolute Gasteiger partial charge is 0.381 e. The Kier molecular flexibility index (Phi) is 10.9. The molecule has 12 unspecified atom stereocenters. The van der Waals surface area contributed by atoms with Crippen molar-refractivity contribution < 1.29 is 37.9 Å². The topological polar surface area (TPSA) is 80.4 Å². The van der Waals surface area contributed by atoms with Crippen molar-refractivity contribution in [1.29, 1.82) is 0 Å². The molecule has 242 valence electrons. The van der Waals surface area contributed by atoms with Crippen LogP contribution in [-0.4, -0.2) is 103 Å². The van der Waals surface area contributed by atoms with Gasteiger partial charge in [-0.1, -0.05) is 19.8 Å². The van der Waals surface area contributed by atoms with E-state index in [0.29, 0.717) is 49.8 Å². The van der Waals surface area contributed by atoms with Gasteiger partial charge in [0.2, 0.25) is 0 Å². The van der Waals surface area contributed by atoms with E-state index in [-0.39, 0.29) is 42.0 Å². The van der Waals surface area contributed by atoms with E-state index in [1.54, 1.807) is 0 Å². The fourth-order valence-corrected chi connectivity index (χ4v) is 8.57. The molecule has 2 aliphatic heterocycles. The Morgan fingerprint density at radius 1 is 0.595 bits per heavy atom. The molecule has 0 bridgehead atoms. The van der Waals surface area contributed by atoms with Crippen LogP contribution in [0.2, 0.25) is 0 Å². The van der Waals surface area contributed by atoms with Crippen molar-refractivity contribution in [3.05, 3.63) is 0 Å². The third-order valence-corrected chi connectivity index (χ3v) is 11.7. The first-order valence-electron chi connectivity index (χ1n) is 17.2. The van der Waals surface area contributed by atoms with Gasteiger partial charge in [0.05, 0.1) is 81.9 Å². The number of hydrogen-bond acceptors (Lipinski definition) is 8. The highest BCUT2D eigenvalue weighted by molar-refractivity contribution is 4.95. The Balaban J connectivity index is 1.13. The van der Waals surface area contributed by atoms with Gasteiger partial charge in [-0.3, -0.25) is 0 Å². The lowest BCUT2D eigenvalue weighted by Gasteiger charge is -2.42. The lowest BCUT2D eigenvalue weighted by Crippen LogP contribution is -2.48. The molecule has 0 N–H and O–H groups in total. The molecule has 4 aliphatic carbocycles. The van der Waals surface area contributed by atoms with Crippen molar-refractivity contribution in [3.63, 3.8) is 0 Å². The molecule has 6 rings (SSSR count). The van der Waals surface area contributed by atoms with Crippen molar-refractivity contribution in [2.45, 2.75) is 133 Å². The minimum absolute atomic E-state index is 0.0773. The zero-order valence-electron chi connectivity index (χ0n) is 26.7. The predicted octanol–water partition coefficient (Wildman–Crippen LogP) is 5.19. The summed E-state index contributed by atoms with van der Waals surface area (Å²) in [6.45, 7) is 5.87. The third-order valence-electron chi connectivity index (χ3n) is 11.7. The van der Waals surface area contributed by atoms with Crippen LogP contribution in [0.3, 0.4) is 0 Å². The molecular formula is C34H58O8. The minimum Gasteiger partial charge on any atom is -0.381 e. The van der Waals surface area contributed by atoms with Gasteiger partial charge in [-0.2, -0.15) is 0 Å². The minimum atomic E-state index is -0.238. The number of rotatable bonds is 16. The lowest BCUT2D eigenvalue weighted by molar-refractivity contribution is -0.174. The van der Waals surface area contributed by atoms with Crippen LogP contribution in [0.25, 0.3) is 0 Å². The van der Waals surface area contributed by atoms with E-state index in [0.717, 1.165) is 70.5 Å². The van der Waals surface area contributed by atoms with Gasteiger partial charge in [0.15, 0.2) is 0 Å². The molecule has 0 spiro atoms. The molecular weight excluding hydrogens is 536 g/mol. The summed E-state index contributed by atoms with van der Waals surface area (Å²) >= 11 is 0. The molecule has 0 radical (unpaired) electrons. The molecule has 12 atom stereocenters. The van der Waals surface area contributed by atoms with Crippen LogP contribution in [0, 0.1) is 29.1 Å². The van der Waals surface area contributed by atoms with Gasteiger partial charge in [0.25, 0.3) is 0 Å². The number of epoxide rings is 2. The fraction of sp³-hybridized carbons (Fsp3) is 1.00. The van der Waals surface area contributed by atoms with Gasteiger partial charge in [-0.15, -0.1) is 0 Å². The molecule has 8 heteroatoms. The smallest absolute Gasteiger partial charge is 0.0886 e. The van der Waals surface area contributed by atoms with Crippen LogP contribution in [0.1, 0.15) is 84.0 Å². The standard InChI is InChI=1S/C34H58O8/c1-5-34(19-40-25-15-23(30-17-38-30)14-24(16-25)35-2,20-41-28-10-6-8-26(22-12-13-22)32(28)36-3)21-42-29-11-7-9-27(31-18-39-31)33(29)37-4/h22-33H,5-21H2,1-4H3. The SMILES string of the molecule is CCC(COC1CC(OC)CC(C2CO2)C1)(COC1CCCC(C2CC2)C1OC)COC1CCCC(C2CO2)C1OC. The second-order valence-electron chi connectivity index (χ2n) is 14.5. The average Bonchev–Trinajstić information content (AvgIpc) is 3.87. The molecule has 42 heavy (non-hydrogen) atoms. The van der Waals surface area contributed by atoms with Crippen LogP contribution in [0.4, 0.5) is 0 Å². The van der Waals surface area contributed by atoms with E-state index >= 15 is 0 Å². The Hall–Kier alpha value is -0.320. The van der Waals surface area contributed by atoms with Crippen LogP contribution in [-0.2, 0) is 37.9 Å². The molecule has 0 aromatic carbocycles. The van der Waals surface area contributed by atoms with Crippen molar-refractivity contribution in [2.75, 3.05) is 54.4 Å². The first-order chi connectivity index (χ1) is 20.6. The van der Waals surface area contributed by atoms with E-state index < -0.39 is 0 Å². The zero-order valence-corrected chi connectivity index (χ0v) is 26.7. The Morgan fingerprint density at radius 3 is 1.71 bits per heavy atom. The van der Waals surface area contributed by atoms with Crippen molar-refractivity contribution in [3.8, 4) is 0 Å². The van der Waals surface area contributed by atoms with Crippen LogP contribution in [0.15, 0.2) is 0 Å². The summed E-state index contributed by atoms with van der Waals surface area (Å²) < 4.78 is 49.9. The molecule has 4 saturated carbocycles. The Bertz CT molecular complexity index is 786.